The molecule has 1 aliphatic heterocycles. The van der Waals surface area contributed by atoms with E-state index in [0.717, 1.165) is 26.5 Å². The topological polar surface area (TPSA) is 83.2 Å². The van der Waals surface area contributed by atoms with Gasteiger partial charge in [-0.25, -0.2) is 4.68 Å². The van der Waals surface area contributed by atoms with E-state index in [1.807, 2.05) is 29.7 Å². The molecule has 1 aliphatic rings. The molecule has 2 heterocycles. The van der Waals surface area contributed by atoms with E-state index in [4.69, 9.17) is 0 Å². The number of rotatable bonds is 2. The molecule has 1 aromatic heterocycles. The second kappa shape index (κ2) is 5.88. The Labute approximate surface area is 150 Å². The van der Waals surface area contributed by atoms with Gasteiger partial charge >= 0.3 is 0 Å². The van der Waals surface area contributed by atoms with Crippen molar-refractivity contribution >= 4 is 33.4 Å². The van der Waals surface area contributed by atoms with Crippen molar-refractivity contribution < 1.29 is 10.2 Å². The molecular weight excluding hydrogens is 392 g/mol. The van der Waals surface area contributed by atoms with Crippen molar-refractivity contribution in [2.45, 2.75) is 5.16 Å². The van der Waals surface area contributed by atoms with Crippen molar-refractivity contribution in [3.8, 4) is 22.9 Å². The Hall–Kier alpha value is -2.45. The Kier molecular flexibility index (Phi) is 3.70. The first-order valence-corrected chi connectivity index (χ1v) is 8.66. The number of aromatic nitrogens is 3. The number of fused-ring (bicyclic) bond motifs is 1. The summed E-state index contributed by atoms with van der Waals surface area (Å²) in [7, 11) is 0. The van der Waals surface area contributed by atoms with Gasteiger partial charge in [0.15, 0.2) is 17.3 Å². The van der Waals surface area contributed by atoms with Gasteiger partial charge in [0.2, 0.25) is 5.16 Å². The van der Waals surface area contributed by atoms with Crippen molar-refractivity contribution in [2.24, 2.45) is 0 Å². The van der Waals surface area contributed by atoms with Crippen LogP contribution < -0.4 is 5.43 Å². The molecule has 6 nitrogen and oxygen atoms in total. The van der Waals surface area contributed by atoms with Crippen LogP contribution in [0.5, 0.6) is 11.5 Å². The highest BCUT2D eigenvalue weighted by Crippen LogP contribution is 2.34. The molecule has 120 valence electrons. The summed E-state index contributed by atoms with van der Waals surface area (Å²) in [5, 5.41) is 30.2. The molecule has 8 heteroatoms. The number of benzene rings is 2. The minimum atomic E-state index is -0.164. The standard InChI is InChI=1S/C16H11BrN4O2S/c17-11-4-1-9(2-5-11)15-18-19-16-21(15)20-12(8-24-16)10-3-6-13(22)14(23)7-10/h1-8,20,22-23H. The van der Waals surface area contributed by atoms with Crippen LogP contribution in [-0.4, -0.2) is 25.1 Å². The zero-order valence-electron chi connectivity index (χ0n) is 12.1. The predicted molar refractivity (Wildman–Crippen MR) is 96.1 cm³/mol. The smallest absolute Gasteiger partial charge is 0.214 e. The molecule has 4 rings (SSSR count). The van der Waals surface area contributed by atoms with Gasteiger partial charge in [0, 0.05) is 21.0 Å². The summed E-state index contributed by atoms with van der Waals surface area (Å²) in [5.41, 5.74) is 5.71. The average molecular weight is 403 g/mol. The molecule has 0 spiro atoms. The van der Waals surface area contributed by atoms with E-state index in [0.29, 0.717) is 5.82 Å². The van der Waals surface area contributed by atoms with E-state index < -0.39 is 0 Å². The van der Waals surface area contributed by atoms with Crippen molar-refractivity contribution in [3.05, 3.63) is 57.9 Å². The number of nitrogens with one attached hydrogen (secondary N) is 1. The Morgan fingerprint density at radius 3 is 2.46 bits per heavy atom. The number of hydrogen-bond acceptors (Lipinski definition) is 6. The molecule has 0 unspecified atom stereocenters. The fraction of sp³-hybridized carbons (Fsp3) is 0. The third-order valence-corrected chi connectivity index (χ3v) is 4.89. The van der Waals surface area contributed by atoms with Crippen LogP contribution in [0.1, 0.15) is 5.56 Å². The first-order valence-electron chi connectivity index (χ1n) is 6.99. The van der Waals surface area contributed by atoms with E-state index in [2.05, 4.69) is 31.6 Å². The molecule has 0 atom stereocenters. The normalized spacial score (nSPS) is 13.1. The predicted octanol–water partition coefficient (Wildman–Crippen LogP) is 3.77. The first-order chi connectivity index (χ1) is 11.6. The van der Waals surface area contributed by atoms with E-state index in [1.54, 1.807) is 10.7 Å². The molecule has 0 saturated carbocycles. The van der Waals surface area contributed by atoms with Crippen LogP contribution >= 0.6 is 27.7 Å². The summed E-state index contributed by atoms with van der Waals surface area (Å²) >= 11 is 4.85. The lowest BCUT2D eigenvalue weighted by Gasteiger charge is -2.19. The Morgan fingerprint density at radius 1 is 0.958 bits per heavy atom. The molecule has 24 heavy (non-hydrogen) atoms. The molecule has 3 N–H and O–H groups in total. The van der Waals surface area contributed by atoms with Gasteiger partial charge in [-0.2, -0.15) is 0 Å². The lowest BCUT2D eigenvalue weighted by Crippen LogP contribution is -2.18. The van der Waals surface area contributed by atoms with E-state index in [9.17, 15) is 10.2 Å². The van der Waals surface area contributed by atoms with Crippen LogP contribution in [0.4, 0.5) is 0 Å². The number of phenolic OH excluding ortho intramolecular Hbond substituents is 2. The quantitative estimate of drug-likeness (QED) is 0.565. The highest BCUT2D eigenvalue weighted by molar-refractivity contribution is 9.10. The summed E-state index contributed by atoms with van der Waals surface area (Å²) in [6, 6.07) is 12.5. The molecule has 0 bridgehead atoms. The third kappa shape index (κ3) is 2.63. The van der Waals surface area contributed by atoms with Crippen molar-refractivity contribution in [1.29, 1.82) is 0 Å². The van der Waals surface area contributed by atoms with E-state index in [-0.39, 0.29) is 11.5 Å². The van der Waals surface area contributed by atoms with Crippen LogP contribution in [0.15, 0.2) is 57.5 Å². The highest BCUT2D eigenvalue weighted by Gasteiger charge is 2.20. The Morgan fingerprint density at radius 2 is 1.71 bits per heavy atom. The van der Waals surface area contributed by atoms with Crippen LogP contribution in [0.3, 0.4) is 0 Å². The second-order valence-corrected chi connectivity index (χ2v) is 6.87. The maximum atomic E-state index is 9.70. The van der Waals surface area contributed by atoms with E-state index >= 15 is 0 Å². The van der Waals surface area contributed by atoms with Gasteiger partial charge in [0.25, 0.3) is 0 Å². The molecule has 2 aromatic carbocycles. The van der Waals surface area contributed by atoms with Crippen LogP contribution in [0, 0.1) is 0 Å². The summed E-state index contributed by atoms with van der Waals surface area (Å²) in [4.78, 5) is 0. The van der Waals surface area contributed by atoms with Crippen LogP contribution in [-0.2, 0) is 0 Å². The molecule has 0 fully saturated rings. The number of halogens is 1. The number of aromatic hydroxyl groups is 2. The zero-order chi connectivity index (χ0) is 16.7. The maximum absolute atomic E-state index is 9.70. The van der Waals surface area contributed by atoms with Crippen molar-refractivity contribution in [1.82, 2.24) is 14.9 Å². The fourth-order valence-electron chi connectivity index (χ4n) is 2.32. The Bertz CT molecular complexity index is 953. The van der Waals surface area contributed by atoms with Gasteiger partial charge in [-0.1, -0.05) is 39.8 Å². The molecule has 0 radical (unpaired) electrons. The van der Waals surface area contributed by atoms with Gasteiger partial charge < -0.3 is 10.2 Å². The van der Waals surface area contributed by atoms with Gasteiger partial charge in [0.1, 0.15) is 0 Å². The maximum Gasteiger partial charge on any atom is 0.214 e. The third-order valence-electron chi connectivity index (χ3n) is 3.54. The summed E-state index contributed by atoms with van der Waals surface area (Å²) in [6.07, 6.45) is 0. The molecular formula is C16H11BrN4O2S. The van der Waals surface area contributed by atoms with Gasteiger partial charge in [-0.15, -0.1) is 10.2 Å². The monoisotopic (exact) mass is 402 g/mol. The highest BCUT2D eigenvalue weighted by atomic mass is 79.9. The van der Waals surface area contributed by atoms with E-state index in [1.165, 1.54) is 23.9 Å². The number of thioether (sulfide) groups is 1. The molecule has 0 aliphatic carbocycles. The number of phenols is 2. The van der Waals surface area contributed by atoms with Crippen molar-refractivity contribution in [2.75, 3.05) is 5.43 Å². The fourth-order valence-corrected chi connectivity index (χ4v) is 3.32. The largest absolute Gasteiger partial charge is 0.504 e. The minimum absolute atomic E-state index is 0.150. The molecule has 3 aromatic rings. The summed E-state index contributed by atoms with van der Waals surface area (Å²) < 4.78 is 2.79. The van der Waals surface area contributed by atoms with Crippen molar-refractivity contribution in [3.63, 3.8) is 0 Å². The SMILES string of the molecule is Oc1ccc(C2=CSc3nnc(-c4ccc(Br)cc4)n3N2)cc1O. The van der Waals surface area contributed by atoms with Gasteiger partial charge in [0.05, 0.1) is 5.70 Å². The molecule has 0 saturated heterocycles. The van der Waals surface area contributed by atoms with Crippen LogP contribution in [0.2, 0.25) is 0 Å². The van der Waals surface area contributed by atoms with Crippen LogP contribution in [0.25, 0.3) is 17.1 Å². The lowest BCUT2D eigenvalue weighted by atomic mass is 10.1. The first kappa shape index (κ1) is 15.1. The average Bonchev–Trinajstić information content (AvgIpc) is 3.01. The molecule has 0 amide bonds. The zero-order valence-corrected chi connectivity index (χ0v) is 14.5. The summed E-state index contributed by atoms with van der Waals surface area (Å²) in [5.74, 6) is 0.379. The Balaban J connectivity index is 1.70. The summed E-state index contributed by atoms with van der Waals surface area (Å²) in [6.45, 7) is 0. The lowest BCUT2D eigenvalue weighted by molar-refractivity contribution is 0.403. The minimum Gasteiger partial charge on any atom is -0.504 e. The van der Waals surface area contributed by atoms with Gasteiger partial charge in [-0.3, -0.25) is 5.43 Å². The van der Waals surface area contributed by atoms with Gasteiger partial charge in [-0.05, 0) is 30.3 Å². The second-order valence-electron chi connectivity index (χ2n) is 5.11. The number of nitrogens with zero attached hydrogens (tertiary/aromatic N) is 3. The number of hydrogen-bond donors (Lipinski definition) is 3.